The molecule has 0 aromatic rings. The zero-order valence-corrected chi connectivity index (χ0v) is 7.84. The molecule has 1 nitrogen and oxygen atoms in total. The summed E-state index contributed by atoms with van der Waals surface area (Å²) in [4.78, 5) is 0. The molecule has 0 amide bonds. The van der Waals surface area contributed by atoms with Crippen LogP contribution in [0.3, 0.4) is 0 Å². The maximum absolute atomic E-state index is 5.10. The van der Waals surface area contributed by atoms with Crippen LogP contribution in [0, 0.1) is 11.8 Å². The summed E-state index contributed by atoms with van der Waals surface area (Å²) in [7, 11) is 1.70. The minimum absolute atomic E-state index is 0.549. The summed E-state index contributed by atoms with van der Waals surface area (Å²) in [5.74, 6) is 2.99. The second kappa shape index (κ2) is 3.86. The second-order valence-electron chi connectivity index (χ2n) is 2.84. The van der Waals surface area contributed by atoms with Gasteiger partial charge in [0.05, 0.1) is 7.11 Å². The Morgan fingerprint density at radius 2 is 2.36 bits per heavy atom. The van der Waals surface area contributed by atoms with Crippen molar-refractivity contribution < 1.29 is 4.74 Å². The molecule has 0 radical (unpaired) electrons. The standard InChI is InChI=1S/C9H14OS/c1-7-5-9(10-2)4-3-8(7)6-11/h3-5,7-8,11H,6H2,1-2H3/t7-,8?/m1/s1. The Morgan fingerprint density at radius 1 is 1.64 bits per heavy atom. The van der Waals surface area contributed by atoms with Crippen LogP contribution in [0.5, 0.6) is 0 Å². The fourth-order valence-corrected chi connectivity index (χ4v) is 1.65. The SMILES string of the molecule is COC1=C[C@@H](C)C(CS)C=C1. The van der Waals surface area contributed by atoms with E-state index in [1.54, 1.807) is 7.11 Å². The molecule has 2 atom stereocenters. The van der Waals surface area contributed by atoms with Crippen molar-refractivity contribution in [2.45, 2.75) is 6.92 Å². The summed E-state index contributed by atoms with van der Waals surface area (Å²) in [6, 6.07) is 0. The Hall–Kier alpha value is -0.370. The summed E-state index contributed by atoms with van der Waals surface area (Å²) in [6.07, 6.45) is 6.32. The Labute approximate surface area is 73.5 Å². The minimum atomic E-state index is 0.549. The monoisotopic (exact) mass is 170 g/mol. The van der Waals surface area contributed by atoms with Crippen LogP contribution in [0.4, 0.5) is 0 Å². The van der Waals surface area contributed by atoms with E-state index in [1.807, 2.05) is 6.08 Å². The fourth-order valence-electron chi connectivity index (χ4n) is 1.20. The third-order valence-corrected chi connectivity index (χ3v) is 2.48. The Kier molecular flexibility index (Phi) is 3.06. The maximum atomic E-state index is 5.10. The van der Waals surface area contributed by atoms with Gasteiger partial charge in [-0.3, -0.25) is 0 Å². The van der Waals surface area contributed by atoms with Gasteiger partial charge in [0.15, 0.2) is 0 Å². The van der Waals surface area contributed by atoms with E-state index in [4.69, 9.17) is 4.74 Å². The van der Waals surface area contributed by atoms with Crippen LogP contribution in [-0.4, -0.2) is 12.9 Å². The molecule has 0 saturated carbocycles. The van der Waals surface area contributed by atoms with Crippen LogP contribution >= 0.6 is 12.6 Å². The molecule has 0 aromatic heterocycles. The summed E-state index contributed by atoms with van der Waals surface area (Å²) >= 11 is 4.26. The second-order valence-corrected chi connectivity index (χ2v) is 3.20. The van der Waals surface area contributed by atoms with Gasteiger partial charge in [0, 0.05) is 0 Å². The molecular formula is C9H14OS. The smallest absolute Gasteiger partial charge is 0.114 e. The molecular weight excluding hydrogens is 156 g/mol. The molecule has 62 valence electrons. The Bertz CT molecular complexity index is 184. The van der Waals surface area contributed by atoms with Gasteiger partial charge in [-0.15, -0.1) is 0 Å². The third-order valence-electron chi connectivity index (χ3n) is 2.06. The van der Waals surface area contributed by atoms with Gasteiger partial charge < -0.3 is 4.74 Å². The molecule has 0 fully saturated rings. The first-order valence-corrected chi connectivity index (χ1v) is 4.46. The quantitative estimate of drug-likeness (QED) is 0.625. The van der Waals surface area contributed by atoms with Crippen LogP contribution in [0.2, 0.25) is 0 Å². The van der Waals surface area contributed by atoms with Gasteiger partial charge in [-0.2, -0.15) is 12.6 Å². The average molecular weight is 170 g/mol. The molecule has 0 heterocycles. The lowest BCUT2D eigenvalue weighted by molar-refractivity contribution is 0.296. The van der Waals surface area contributed by atoms with Crippen molar-refractivity contribution in [1.29, 1.82) is 0 Å². The van der Waals surface area contributed by atoms with E-state index in [0.717, 1.165) is 11.5 Å². The first kappa shape index (κ1) is 8.72. The van der Waals surface area contributed by atoms with Gasteiger partial charge in [-0.05, 0) is 29.7 Å². The number of hydrogen-bond donors (Lipinski definition) is 1. The highest BCUT2D eigenvalue weighted by atomic mass is 32.1. The van der Waals surface area contributed by atoms with E-state index in [0.29, 0.717) is 11.8 Å². The minimum Gasteiger partial charge on any atom is -0.497 e. The summed E-state index contributed by atoms with van der Waals surface area (Å²) < 4.78 is 5.10. The fraction of sp³-hybridized carbons (Fsp3) is 0.556. The summed E-state index contributed by atoms with van der Waals surface area (Å²) in [6.45, 7) is 2.18. The molecule has 0 saturated heterocycles. The molecule has 2 heteroatoms. The van der Waals surface area contributed by atoms with Crippen molar-refractivity contribution in [3.63, 3.8) is 0 Å². The molecule has 11 heavy (non-hydrogen) atoms. The predicted molar refractivity (Wildman–Crippen MR) is 50.7 cm³/mol. The zero-order valence-electron chi connectivity index (χ0n) is 6.95. The van der Waals surface area contributed by atoms with Crippen molar-refractivity contribution in [3.05, 3.63) is 24.0 Å². The van der Waals surface area contributed by atoms with Crippen molar-refractivity contribution in [2.24, 2.45) is 11.8 Å². The number of rotatable bonds is 2. The molecule has 1 rings (SSSR count). The first-order valence-electron chi connectivity index (χ1n) is 3.82. The maximum Gasteiger partial charge on any atom is 0.114 e. The normalized spacial score (nSPS) is 29.9. The van der Waals surface area contributed by atoms with E-state index in [-0.39, 0.29) is 0 Å². The topological polar surface area (TPSA) is 9.23 Å². The van der Waals surface area contributed by atoms with Crippen LogP contribution in [0.15, 0.2) is 24.0 Å². The highest BCUT2D eigenvalue weighted by Crippen LogP contribution is 2.23. The lowest BCUT2D eigenvalue weighted by Crippen LogP contribution is -2.12. The zero-order chi connectivity index (χ0) is 8.27. The number of hydrogen-bond acceptors (Lipinski definition) is 2. The molecule has 0 aliphatic heterocycles. The first-order chi connectivity index (χ1) is 5.27. The van der Waals surface area contributed by atoms with Crippen LogP contribution in [0.25, 0.3) is 0 Å². The molecule has 1 unspecified atom stereocenters. The molecule has 0 aromatic carbocycles. The molecule has 0 bridgehead atoms. The van der Waals surface area contributed by atoms with Gasteiger partial charge in [-0.1, -0.05) is 13.0 Å². The highest BCUT2D eigenvalue weighted by Gasteiger charge is 2.14. The third kappa shape index (κ3) is 2.03. The van der Waals surface area contributed by atoms with Gasteiger partial charge >= 0.3 is 0 Å². The van der Waals surface area contributed by atoms with Gasteiger partial charge in [-0.25, -0.2) is 0 Å². The van der Waals surface area contributed by atoms with Crippen LogP contribution < -0.4 is 0 Å². The molecule has 1 aliphatic rings. The summed E-state index contributed by atoms with van der Waals surface area (Å²) in [5, 5.41) is 0. The Balaban J connectivity index is 2.63. The van der Waals surface area contributed by atoms with E-state index >= 15 is 0 Å². The number of allylic oxidation sites excluding steroid dienone is 3. The van der Waals surface area contributed by atoms with Crippen LogP contribution in [0.1, 0.15) is 6.92 Å². The van der Waals surface area contributed by atoms with Gasteiger partial charge in [0.1, 0.15) is 5.76 Å². The lowest BCUT2D eigenvalue weighted by atomic mass is 9.91. The molecule has 1 aliphatic carbocycles. The Morgan fingerprint density at radius 3 is 2.82 bits per heavy atom. The van der Waals surface area contributed by atoms with E-state index in [2.05, 4.69) is 31.7 Å². The highest BCUT2D eigenvalue weighted by molar-refractivity contribution is 7.80. The van der Waals surface area contributed by atoms with Gasteiger partial charge in [0.2, 0.25) is 0 Å². The molecule has 0 N–H and O–H groups in total. The van der Waals surface area contributed by atoms with Crippen molar-refractivity contribution in [2.75, 3.05) is 12.9 Å². The lowest BCUT2D eigenvalue weighted by Gasteiger charge is -2.20. The number of thiol groups is 1. The number of ether oxygens (including phenoxy) is 1. The average Bonchev–Trinajstić information content (AvgIpc) is 2.04. The van der Waals surface area contributed by atoms with Crippen LogP contribution in [-0.2, 0) is 4.74 Å². The van der Waals surface area contributed by atoms with Gasteiger partial charge in [0.25, 0.3) is 0 Å². The largest absolute Gasteiger partial charge is 0.497 e. The van der Waals surface area contributed by atoms with Crippen molar-refractivity contribution in [1.82, 2.24) is 0 Å². The van der Waals surface area contributed by atoms with E-state index < -0.39 is 0 Å². The van der Waals surface area contributed by atoms with Crippen molar-refractivity contribution >= 4 is 12.6 Å². The van der Waals surface area contributed by atoms with E-state index in [9.17, 15) is 0 Å². The number of methoxy groups -OCH3 is 1. The summed E-state index contributed by atoms with van der Waals surface area (Å²) in [5.41, 5.74) is 0. The van der Waals surface area contributed by atoms with E-state index in [1.165, 1.54) is 0 Å². The van der Waals surface area contributed by atoms with Crippen molar-refractivity contribution in [3.8, 4) is 0 Å². The molecule has 0 spiro atoms. The predicted octanol–water partition coefficient (Wildman–Crippen LogP) is 2.27.